The van der Waals surface area contributed by atoms with Gasteiger partial charge in [0.1, 0.15) is 30.0 Å². The van der Waals surface area contributed by atoms with Crippen LogP contribution in [-0.2, 0) is 19.1 Å². The summed E-state index contributed by atoms with van der Waals surface area (Å²) in [4.78, 5) is 22.6. The number of hydrogen-bond donors (Lipinski definition) is 5. The molecule has 3 aliphatic rings. The van der Waals surface area contributed by atoms with E-state index >= 15 is 0 Å². The van der Waals surface area contributed by atoms with Crippen LogP contribution in [0.15, 0.2) is 0 Å². The van der Waals surface area contributed by atoms with Gasteiger partial charge in [-0.1, -0.05) is 0 Å². The van der Waals surface area contributed by atoms with E-state index in [4.69, 9.17) is 14.6 Å². The van der Waals surface area contributed by atoms with Crippen LogP contribution in [0.3, 0.4) is 0 Å². The van der Waals surface area contributed by atoms with Crippen LogP contribution in [0.2, 0.25) is 0 Å². The van der Waals surface area contributed by atoms with E-state index < -0.39 is 60.3 Å². The minimum atomic E-state index is -1.49. The van der Waals surface area contributed by atoms with Crippen LogP contribution in [0.25, 0.3) is 0 Å². The van der Waals surface area contributed by atoms with Gasteiger partial charge in [0.2, 0.25) is 0 Å². The SMILES string of the molecule is O=C(O)C[C@@]12O[C@H]3[C@H](O)[C@H](O)CO[C@H]3C1CN[C@H]2C(=O)O. The van der Waals surface area contributed by atoms with Crippen molar-refractivity contribution in [2.24, 2.45) is 5.92 Å². The first-order valence-corrected chi connectivity index (χ1v) is 6.70. The number of fused-ring (bicyclic) bond motifs is 3. The number of nitrogens with one attached hydrogen (secondary N) is 1. The van der Waals surface area contributed by atoms with Gasteiger partial charge in [0, 0.05) is 12.5 Å². The first kappa shape index (κ1) is 14.7. The molecule has 3 fully saturated rings. The van der Waals surface area contributed by atoms with E-state index in [9.17, 15) is 24.9 Å². The number of aliphatic carboxylic acids is 2. The third-order valence-electron chi connectivity index (χ3n) is 4.60. The van der Waals surface area contributed by atoms with E-state index in [1.165, 1.54) is 0 Å². The third kappa shape index (κ3) is 2.04. The van der Waals surface area contributed by atoms with Gasteiger partial charge in [0.25, 0.3) is 0 Å². The number of ether oxygens (including phenoxy) is 2. The van der Waals surface area contributed by atoms with Gasteiger partial charge < -0.3 is 35.2 Å². The van der Waals surface area contributed by atoms with Crippen molar-refractivity contribution < 1.29 is 39.5 Å². The molecular weight excluding hydrogens is 286 g/mol. The maximum absolute atomic E-state index is 11.4. The fourth-order valence-corrected chi connectivity index (χ4v) is 3.71. The van der Waals surface area contributed by atoms with E-state index in [0.29, 0.717) is 0 Å². The summed E-state index contributed by atoms with van der Waals surface area (Å²) in [6.45, 7) is 0.122. The highest BCUT2D eigenvalue weighted by molar-refractivity contribution is 5.79. The number of hydrogen-bond acceptors (Lipinski definition) is 7. The molecule has 0 spiro atoms. The van der Waals surface area contributed by atoms with Gasteiger partial charge in [0.15, 0.2) is 0 Å². The Morgan fingerprint density at radius 2 is 1.95 bits per heavy atom. The van der Waals surface area contributed by atoms with Crippen LogP contribution in [0.1, 0.15) is 6.42 Å². The van der Waals surface area contributed by atoms with Crippen molar-refractivity contribution in [1.82, 2.24) is 5.32 Å². The van der Waals surface area contributed by atoms with Crippen molar-refractivity contribution in [3.8, 4) is 0 Å². The minimum absolute atomic E-state index is 0.0942. The Bertz CT molecular complexity index is 470. The highest BCUT2D eigenvalue weighted by Crippen LogP contribution is 2.48. The zero-order valence-corrected chi connectivity index (χ0v) is 11.0. The lowest BCUT2D eigenvalue weighted by molar-refractivity contribution is -0.195. The molecule has 3 rings (SSSR count). The van der Waals surface area contributed by atoms with Gasteiger partial charge in [0.05, 0.1) is 19.1 Å². The standard InChI is InChI=1S/C12H17NO8/c14-5-3-20-8-4-2-13-10(11(18)19)12(4,1-6(15)16)21-9(8)7(5)17/h4-5,7-10,13-14,17H,1-3H2,(H,15,16)(H,18,19)/t4?,5-,7-,8+,9+,10+,12-/m1/s1. The Hall–Kier alpha value is -1.26. The molecule has 0 aromatic heterocycles. The van der Waals surface area contributed by atoms with E-state index in [-0.39, 0.29) is 13.2 Å². The molecule has 3 heterocycles. The second-order valence-electron chi connectivity index (χ2n) is 5.75. The molecule has 0 aliphatic carbocycles. The molecule has 0 aromatic rings. The van der Waals surface area contributed by atoms with Crippen LogP contribution in [0, 0.1) is 5.92 Å². The second kappa shape index (κ2) is 4.89. The van der Waals surface area contributed by atoms with Crippen molar-refractivity contribution >= 4 is 11.9 Å². The number of carboxylic acids is 2. The highest BCUT2D eigenvalue weighted by atomic mass is 16.6. The van der Waals surface area contributed by atoms with Gasteiger partial charge in [-0.3, -0.25) is 9.59 Å². The Balaban J connectivity index is 1.96. The van der Waals surface area contributed by atoms with Crippen molar-refractivity contribution in [1.29, 1.82) is 0 Å². The third-order valence-corrected chi connectivity index (χ3v) is 4.60. The fourth-order valence-electron chi connectivity index (χ4n) is 3.71. The van der Waals surface area contributed by atoms with Crippen LogP contribution in [0.5, 0.6) is 0 Å². The van der Waals surface area contributed by atoms with E-state index in [2.05, 4.69) is 5.32 Å². The van der Waals surface area contributed by atoms with Gasteiger partial charge in [-0.15, -0.1) is 0 Å². The molecule has 0 saturated carbocycles. The lowest BCUT2D eigenvalue weighted by atomic mass is 9.80. The van der Waals surface area contributed by atoms with Gasteiger partial charge in [-0.25, -0.2) is 0 Å². The van der Waals surface area contributed by atoms with Crippen LogP contribution < -0.4 is 5.32 Å². The van der Waals surface area contributed by atoms with Crippen molar-refractivity contribution in [3.05, 3.63) is 0 Å². The van der Waals surface area contributed by atoms with Gasteiger partial charge in [-0.05, 0) is 0 Å². The van der Waals surface area contributed by atoms with E-state index in [0.717, 1.165) is 0 Å². The summed E-state index contributed by atoms with van der Waals surface area (Å²) in [5.41, 5.74) is -1.49. The molecule has 21 heavy (non-hydrogen) atoms. The maximum Gasteiger partial charge on any atom is 0.323 e. The summed E-state index contributed by atoms with van der Waals surface area (Å²) < 4.78 is 11.2. The molecule has 0 amide bonds. The summed E-state index contributed by atoms with van der Waals surface area (Å²) in [5.74, 6) is -2.92. The number of carboxylic acid groups (broad SMARTS) is 2. The van der Waals surface area contributed by atoms with Crippen molar-refractivity contribution in [3.63, 3.8) is 0 Å². The molecule has 118 valence electrons. The number of aliphatic hydroxyl groups is 2. The monoisotopic (exact) mass is 303 g/mol. The summed E-state index contributed by atoms with van der Waals surface area (Å²) >= 11 is 0. The normalized spacial score (nSPS) is 48.7. The molecule has 7 atom stereocenters. The summed E-state index contributed by atoms with van der Waals surface area (Å²) in [7, 11) is 0. The average Bonchev–Trinajstić information content (AvgIpc) is 2.87. The predicted molar refractivity (Wildman–Crippen MR) is 64.5 cm³/mol. The Kier molecular flexibility index (Phi) is 3.41. The quantitative estimate of drug-likeness (QED) is 0.378. The number of carbonyl (C=O) groups is 2. The maximum atomic E-state index is 11.4. The van der Waals surface area contributed by atoms with Crippen LogP contribution in [-0.4, -0.2) is 81.6 Å². The van der Waals surface area contributed by atoms with Gasteiger partial charge >= 0.3 is 11.9 Å². The first-order valence-electron chi connectivity index (χ1n) is 6.70. The molecule has 1 unspecified atom stereocenters. The van der Waals surface area contributed by atoms with Crippen LogP contribution >= 0.6 is 0 Å². The van der Waals surface area contributed by atoms with E-state index in [1.54, 1.807) is 0 Å². The molecule has 0 aromatic carbocycles. The molecule has 9 heteroatoms. The Morgan fingerprint density at radius 3 is 2.57 bits per heavy atom. The number of aliphatic hydroxyl groups excluding tert-OH is 2. The Morgan fingerprint density at radius 1 is 1.24 bits per heavy atom. The second-order valence-corrected chi connectivity index (χ2v) is 5.75. The van der Waals surface area contributed by atoms with Gasteiger partial charge in [-0.2, -0.15) is 0 Å². The largest absolute Gasteiger partial charge is 0.481 e. The summed E-state index contributed by atoms with van der Waals surface area (Å²) in [5, 5.41) is 40.8. The van der Waals surface area contributed by atoms with Crippen molar-refractivity contribution in [2.75, 3.05) is 13.2 Å². The molecular formula is C12H17NO8. The summed E-state index contributed by atoms with van der Waals surface area (Å²) in [6, 6.07) is -1.20. The lowest BCUT2D eigenvalue weighted by Gasteiger charge is -2.35. The number of rotatable bonds is 3. The first-order chi connectivity index (χ1) is 9.86. The van der Waals surface area contributed by atoms with Crippen LogP contribution in [0.4, 0.5) is 0 Å². The van der Waals surface area contributed by atoms with E-state index in [1.807, 2.05) is 0 Å². The minimum Gasteiger partial charge on any atom is -0.481 e. The zero-order chi connectivity index (χ0) is 15.4. The average molecular weight is 303 g/mol. The fraction of sp³-hybridized carbons (Fsp3) is 0.833. The predicted octanol–water partition coefficient (Wildman–Crippen LogP) is -2.61. The smallest absolute Gasteiger partial charge is 0.323 e. The molecule has 3 aliphatic heterocycles. The molecule has 9 nitrogen and oxygen atoms in total. The zero-order valence-electron chi connectivity index (χ0n) is 11.0. The van der Waals surface area contributed by atoms with Crippen molar-refractivity contribution in [2.45, 2.75) is 42.5 Å². The molecule has 0 radical (unpaired) electrons. The topological polar surface area (TPSA) is 146 Å². The lowest BCUT2D eigenvalue weighted by Crippen LogP contribution is -2.54. The Labute approximate surface area is 119 Å². The molecule has 3 saturated heterocycles. The summed E-state index contributed by atoms with van der Waals surface area (Å²) in [6.07, 6.45) is -4.44. The highest BCUT2D eigenvalue weighted by Gasteiger charge is 2.67. The molecule has 0 bridgehead atoms. The molecule has 5 N–H and O–H groups in total.